The molecule has 0 radical (unpaired) electrons. The maximum atomic E-state index is 14.0. The SMILES string of the molecule is CCOC(=O)C1=C(c2ccccc2)N=c2s/c(=C\c3cc(C(C)C)c(OC)cc3C)c(=O)n2[C@H]1c1cccs1. The number of nitrogens with zero attached hydrogens (tertiary/aromatic N) is 2. The van der Waals surface area contributed by atoms with E-state index in [1.165, 1.54) is 22.7 Å². The lowest BCUT2D eigenvalue weighted by atomic mass is 9.96. The highest BCUT2D eigenvalue weighted by Gasteiger charge is 2.35. The molecule has 0 fully saturated rings. The van der Waals surface area contributed by atoms with Crippen LogP contribution in [0.4, 0.5) is 0 Å². The van der Waals surface area contributed by atoms with E-state index in [1.807, 2.05) is 66.9 Å². The third kappa shape index (κ3) is 5.02. The van der Waals surface area contributed by atoms with Gasteiger partial charge in [-0.25, -0.2) is 9.79 Å². The zero-order valence-corrected chi connectivity index (χ0v) is 24.2. The number of aryl methyl sites for hydroxylation is 1. The van der Waals surface area contributed by atoms with Crippen LogP contribution in [0, 0.1) is 6.92 Å². The van der Waals surface area contributed by atoms with Crippen molar-refractivity contribution >= 4 is 40.4 Å². The number of carbonyl (C=O) groups excluding carboxylic acids is 1. The molecule has 4 aromatic rings. The van der Waals surface area contributed by atoms with Gasteiger partial charge in [-0.1, -0.05) is 61.6 Å². The van der Waals surface area contributed by atoms with Crippen LogP contribution >= 0.6 is 22.7 Å². The van der Waals surface area contributed by atoms with Gasteiger partial charge in [-0.15, -0.1) is 11.3 Å². The average Bonchev–Trinajstić information content (AvgIpc) is 3.57. The van der Waals surface area contributed by atoms with Gasteiger partial charge in [0.05, 0.1) is 29.5 Å². The summed E-state index contributed by atoms with van der Waals surface area (Å²) in [6, 6.07) is 16.9. The van der Waals surface area contributed by atoms with Crippen molar-refractivity contribution in [2.24, 2.45) is 4.99 Å². The Morgan fingerprint density at radius 3 is 2.56 bits per heavy atom. The summed E-state index contributed by atoms with van der Waals surface area (Å²) in [5, 5.41) is 1.95. The van der Waals surface area contributed by atoms with Crippen LogP contribution in [0.5, 0.6) is 5.75 Å². The van der Waals surface area contributed by atoms with Gasteiger partial charge in [0, 0.05) is 10.4 Å². The first-order chi connectivity index (χ1) is 18.8. The van der Waals surface area contributed by atoms with E-state index in [1.54, 1.807) is 18.6 Å². The molecule has 2 aromatic carbocycles. The summed E-state index contributed by atoms with van der Waals surface area (Å²) in [5.74, 6) is 0.624. The summed E-state index contributed by atoms with van der Waals surface area (Å²) >= 11 is 2.83. The highest BCUT2D eigenvalue weighted by Crippen LogP contribution is 2.37. The molecule has 0 unspecified atom stereocenters. The van der Waals surface area contributed by atoms with Gasteiger partial charge in [-0.2, -0.15) is 0 Å². The molecule has 6 nitrogen and oxygen atoms in total. The number of carbonyl (C=O) groups is 1. The molecule has 1 aliphatic heterocycles. The van der Waals surface area contributed by atoms with E-state index in [2.05, 4.69) is 19.9 Å². The number of fused-ring (bicyclic) bond motifs is 1. The second kappa shape index (κ2) is 11.2. The van der Waals surface area contributed by atoms with E-state index in [9.17, 15) is 9.59 Å². The third-order valence-electron chi connectivity index (χ3n) is 6.71. The maximum Gasteiger partial charge on any atom is 0.338 e. The fourth-order valence-electron chi connectivity index (χ4n) is 4.80. The first-order valence-electron chi connectivity index (χ1n) is 12.8. The van der Waals surface area contributed by atoms with Gasteiger partial charge in [-0.3, -0.25) is 9.36 Å². The molecule has 8 heteroatoms. The second-order valence-electron chi connectivity index (χ2n) is 9.55. The molecule has 1 atom stereocenters. The van der Waals surface area contributed by atoms with Crippen molar-refractivity contribution in [3.63, 3.8) is 0 Å². The Balaban J connectivity index is 1.79. The molecular formula is C31H30N2O4S2. The molecule has 39 heavy (non-hydrogen) atoms. The number of hydrogen-bond donors (Lipinski definition) is 0. The Morgan fingerprint density at radius 2 is 1.92 bits per heavy atom. The Bertz CT molecular complexity index is 1730. The molecule has 200 valence electrons. The lowest BCUT2D eigenvalue weighted by Crippen LogP contribution is -2.39. The standard InChI is InChI=1S/C31H30N2O4S2/c1-6-37-30(35)26-27(20-11-8-7-9-12-20)32-31-33(28(26)24-13-10-14-38-24)29(34)25(39-31)17-21-16-22(18(2)3)23(36-5)15-19(21)4/h7-18,28H,6H2,1-5H3/b25-17-/t28-/m0/s1. The van der Waals surface area contributed by atoms with Gasteiger partial charge in [-0.05, 0) is 66.1 Å². The van der Waals surface area contributed by atoms with Gasteiger partial charge in [0.2, 0.25) is 0 Å². The minimum Gasteiger partial charge on any atom is -0.496 e. The number of benzene rings is 2. The molecule has 0 spiro atoms. The molecule has 0 N–H and O–H groups in total. The predicted octanol–water partition coefficient (Wildman–Crippen LogP) is 5.44. The summed E-state index contributed by atoms with van der Waals surface area (Å²) < 4.78 is 13.3. The van der Waals surface area contributed by atoms with Gasteiger partial charge >= 0.3 is 5.97 Å². The monoisotopic (exact) mass is 558 g/mol. The molecule has 3 heterocycles. The summed E-state index contributed by atoms with van der Waals surface area (Å²) in [5.41, 5.74) is 4.55. The van der Waals surface area contributed by atoms with Crippen molar-refractivity contribution in [3.05, 3.63) is 112 Å². The third-order valence-corrected chi connectivity index (χ3v) is 8.62. The lowest BCUT2D eigenvalue weighted by molar-refractivity contribution is -0.138. The molecular weight excluding hydrogens is 528 g/mol. The van der Waals surface area contributed by atoms with Crippen molar-refractivity contribution in [1.82, 2.24) is 4.57 Å². The molecule has 0 aliphatic carbocycles. The smallest absolute Gasteiger partial charge is 0.338 e. The van der Waals surface area contributed by atoms with Crippen molar-refractivity contribution in [2.75, 3.05) is 13.7 Å². The zero-order valence-electron chi connectivity index (χ0n) is 22.6. The number of ether oxygens (including phenoxy) is 2. The number of aromatic nitrogens is 1. The van der Waals surface area contributed by atoms with Crippen LogP contribution in [-0.4, -0.2) is 24.3 Å². The highest BCUT2D eigenvalue weighted by atomic mass is 32.1. The molecule has 0 bridgehead atoms. The van der Waals surface area contributed by atoms with Crippen molar-refractivity contribution in [3.8, 4) is 5.75 Å². The van der Waals surface area contributed by atoms with Gasteiger partial charge in [0.25, 0.3) is 5.56 Å². The van der Waals surface area contributed by atoms with Crippen molar-refractivity contribution in [1.29, 1.82) is 0 Å². The molecule has 2 aromatic heterocycles. The van der Waals surface area contributed by atoms with Crippen molar-refractivity contribution < 1.29 is 14.3 Å². The first-order valence-corrected chi connectivity index (χ1v) is 14.5. The van der Waals surface area contributed by atoms with E-state index in [0.29, 0.717) is 20.6 Å². The van der Waals surface area contributed by atoms with Crippen LogP contribution in [0.25, 0.3) is 11.8 Å². The number of rotatable bonds is 7. The Morgan fingerprint density at radius 1 is 1.15 bits per heavy atom. The molecule has 0 saturated carbocycles. The number of esters is 1. The normalized spacial score (nSPS) is 15.3. The van der Waals surface area contributed by atoms with E-state index < -0.39 is 12.0 Å². The Kier molecular flexibility index (Phi) is 7.68. The fraction of sp³-hybridized carbons (Fsp3) is 0.258. The summed E-state index contributed by atoms with van der Waals surface area (Å²) in [4.78, 5) is 33.8. The number of thiophene rings is 1. The molecule has 0 saturated heterocycles. The van der Waals surface area contributed by atoms with Crippen molar-refractivity contribution in [2.45, 2.75) is 39.7 Å². The van der Waals surface area contributed by atoms with Crippen LogP contribution in [0.15, 0.2) is 75.3 Å². The quantitative estimate of drug-likeness (QED) is 0.284. The van der Waals surface area contributed by atoms with Gasteiger partial charge in [0.1, 0.15) is 11.8 Å². The fourth-order valence-corrected chi connectivity index (χ4v) is 6.61. The lowest BCUT2D eigenvalue weighted by Gasteiger charge is -2.24. The molecule has 0 amide bonds. The topological polar surface area (TPSA) is 69.9 Å². The first kappa shape index (κ1) is 26.8. The maximum absolute atomic E-state index is 14.0. The van der Waals surface area contributed by atoms with E-state index in [4.69, 9.17) is 14.5 Å². The largest absolute Gasteiger partial charge is 0.496 e. The summed E-state index contributed by atoms with van der Waals surface area (Å²) in [6.07, 6.45) is 1.92. The number of hydrogen-bond acceptors (Lipinski definition) is 7. The highest BCUT2D eigenvalue weighted by molar-refractivity contribution is 7.10. The average molecular weight is 559 g/mol. The van der Waals surface area contributed by atoms with Gasteiger partial charge < -0.3 is 9.47 Å². The summed E-state index contributed by atoms with van der Waals surface area (Å²) in [6.45, 7) is 8.25. The number of thiazole rings is 1. The van der Waals surface area contributed by atoms with Crippen LogP contribution in [0.3, 0.4) is 0 Å². The van der Waals surface area contributed by atoms with E-state index >= 15 is 0 Å². The predicted molar refractivity (Wildman–Crippen MR) is 157 cm³/mol. The van der Waals surface area contributed by atoms with Gasteiger partial charge in [0.15, 0.2) is 4.80 Å². The molecule has 5 rings (SSSR count). The minimum absolute atomic E-state index is 0.188. The second-order valence-corrected chi connectivity index (χ2v) is 11.5. The van der Waals surface area contributed by atoms with Crippen LogP contribution in [0.2, 0.25) is 0 Å². The minimum atomic E-state index is -0.638. The van der Waals surface area contributed by atoms with E-state index in [0.717, 1.165) is 32.9 Å². The Hall–Kier alpha value is -3.75. The van der Waals surface area contributed by atoms with Crippen LogP contribution in [-0.2, 0) is 9.53 Å². The Labute approximate surface area is 235 Å². The summed E-state index contributed by atoms with van der Waals surface area (Å²) in [7, 11) is 1.68. The van der Waals surface area contributed by atoms with Crippen LogP contribution < -0.4 is 19.6 Å². The number of methoxy groups -OCH3 is 1. The van der Waals surface area contributed by atoms with Crippen LogP contribution in [0.1, 0.15) is 59.9 Å². The van der Waals surface area contributed by atoms with E-state index in [-0.39, 0.29) is 18.1 Å². The zero-order chi connectivity index (χ0) is 27.7. The molecule has 1 aliphatic rings.